The number of nitrogens with two attached hydrogens (primary N) is 1. The van der Waals surface area contributed by atoms with Crippen LogP contribution < -0.4 is 10.5 Å². The minimum Gasteiger partial charge on any atom is -0.497 e. The van der Waals surface area contributed by atoms with Crippen LogP contribution in [0.3, 0.4) is 0 Å². The predicted octanol–water partition coefficient (Wildman–Crippen LogP) is 2.50. The molecule has 0 fully saturated rings. The molecule has 96 valence electrons. The van der Waals surface area contributed by atoms with Crippen LogP contribution in [0, 0.1) is 0 Å². The first-order valence-corrected chi connectivity index (χ1v) is 5.81. The van der Waals surface area contributed by atoms with Gasteiger partial charge in [0.05, 0.1) is 19.5 Å². The Morgan fingerprint density at radius 1 is 1.22 bits per heavy atom. The maximum atomic E-state index is 5.74. The van der Waals surface area contributed by atoms with E-state index in [4.69, 9.17) is 19.6 Å². The van der Waals surface area contributed by atoms with Crippen LogP contribution in [0.15, 0.2) is 47.1 Å². The van der Waals surface area contributed by atoms with E-state index in [1.165, 1.54) is 0 Å². The first-order valence-electron chi connectivity index (χ1n) is 5.81. The van der Waals surface area contributed by atoms with Crippen LogP contribution in [-0.4, -0.2) is 13.7 Å². The molecule has 0 bridgehead atoms. The van der Waals surface area contributed by atoms with Gasteiger partial charge in [0.2, 0.25) is 0 Å². The predicted molar refractivity (Wildman–Crippen MR) is 68.3 cm³/mol. The molecule has 18 heavy (non-hydrogen) atoms. The lowest BCUT2D eigenvalue weighted by molar-refractivity contribution is 0.0355. The summed E-state index contributed by atoms with van der Waals surface area (Å²) in [4.78, 5) is 0. The van der Waals surface area contributed by atoms with Crippen molar-refractivity contribution in [3.8, 4) is 5.75 Å². The average molecular weight is 247 g/mol. The van der Waals surface area contributed by atoms with E-state index in [2.05, 4.69) is 0 Å². The van der Waals surface area contributed by atoms with Crippen molar-refractivity contribution in [2.45, 2.75) is 12.7 Å². The third kappa shape index (κ3) is 3.12. The zero-order chi connectivity index (χ0) is 12.8. The van der Waals surface area contributed by atoms with Gasteiger partial charge in [-0.25, -0.2) is 0 Å². The van der Waals surface area contributed by atoms with E-state index in [0.29, 0.717) is 13.2 Å². The Hall–Kier alpha value is -1.78. The zero-order valence-corrected chi connectivity index (χ0v) is 10.3. The zero-order valence-electron chi connectivity index (χ0n) is 10.3. The van der Waals surface area contributed by atoms with Gasteiger partial charge in [-0.1, -0.05) is 12.1 Å². The van der Waals surface area contributed by atoms with Gasteiger partial charge in [-0.05, 0) is 29.8 Å². The lowest BCUT2D eigenvalue weighted by Crippen LogP contribution is -2.15. The van der Waals surface area contributed by atoms with Gasteiger partial charge in [-0.2, -0.15) is 0 Å². The number of rotatable bonds is 6. The average Bonchev–Trinajstić information content (AvgIpc) is 2.93. The Labute approximate surface area is 106 Å². The Morgan fingerprint density at radius 2 is 2.00 bits per heavy atom. The van der Waals surface area contributed by atoms with Gasteiger partial charge in [0, 0.05) is 6.54 Å². The normalized spacial score (nSPS) is 12.3. The first kappa shape index (κ1) is 12.7. The van der Waals surface area contributed by atoms with Gasteiger partial charge in [0.25, 0.3) is 0 Å². The van der Waals surface area contributed by atoms with Crippen LogP contribution in [0.5, 0.6) is 5.75 Å². The first-order chi connectivity index (χ1) is 8.83. The fourth-order valence-corrected chi connectivity index (χ4v) is 1.70. The smallest absolute Gasteiger partial charge is 0.129 e. The molecule has 4 heteroatoms. The van der Waals surface area contributed by atoms with Gasteiger partial charge >= 0.3 is 0 Å². The molecule has 2 N–H and O–H groups in total. The summed E-state index contributed by atoms with van der Waals surface area (Å²) in [5.41, 5.74) is 6.76. The molecule has 0 aliphatic carbocycles. The van der Waals surface area contributed by atoms with Gasteiger partial charge in [0.15, 0.2) is 0 Å². The summed E-state index contributed by atoms with van der Waals surface area (Å²) in [5, 5.41) is 0. The topological polar surface area (TPSA) is 57.6 Å². The van der Waals surface area contributed by atoms with Crippen molar-refractivity contribution in [3.63, 3.8) is 0 Å². The highest BCUT2D eigenvalue weighted by molar-refractivity contribution is 5.28. The molecule has 0 spiro atoms. The number of benzene rings is 1. The number of furan rings is 1. The highest BCUT2D eigenvalue weighted by Gasteiger charge is 2.11. The molecule has 0 aliphatic rings. The van der Waals surface area contributed by atoms with Crippen molar-refractivity contribution in [2.24, 2.45) is 5.73 Å². The largest absolute Gasteiger partial charge is 0.497 e. The molecule has 1 heterocycles. The van der Waals surface area contributed by atoms with Crippen LogP contribution in [0.1, 0.15) is 17.4 Å². The quantitative estimate of drug-likeness (QED) is 0.852. The summed E-state index contributed by atoms with van der Waals surface area (Å²) < 4.78 is 16.1. The van der Waals surface area contributed by atoms with E-state index in [-0.39, 0.29) is 6.10 Å². The van der Waals surface area contributed by atoms with E-state index in [0.717, 1.165) is 17.1 Å². The Balaban J connectivity index is 1.98. The van der Waals surface area contributed by atoms with E-state index in [1.54, 1.807) is 13.4 Å². The Morgan fingerprint density at radius 3 is 2.56 bits per heavy atom. The fourth-order valence-electron chi connectivity index (χ4n) is 1.70. The molecule has 0 amide bonds. The van der Waals surface area contributed by atoms with Crippen molar-refractivity contribution in [1.82, 2.24) is 0 Å². The third-order valence-corrected chi connectivity index (χ3v) is 2.71. The van der Waals surface area contributed by atoms with Crippen molar-refractivity contribution in [3.05, 3.63) is 54.0 Å². The molecular formula is C14H17NO3. The number of hydrogen-bond acceptors (Lipinski definition) is 4. The van der Waals surface area contributed by atoms with Crippen molar-refractivity contribution >= 4 is 0 Å². The molecule has 1 atom stereocenters. The second kappa shape index (κ2) is 6.23. The monoisotopic (exact) mass is 247 g/mol. The van der Waals surface area contributed by atoms with Crippen molar-refractivity contribution in [2.75, 3.05) is 13.7 Å². The summed E-state index contributed by atoms with van der Waals surface area (Å²) >= 11 is 0. The molecule has 4 nitrogen and oxygen atoms in total. The second-order valence-corrected chi connectivity index (χ2v) is 3.89. The molecule has 1 aromatic heterocycles. The van der Waals surface area contributed by atoms with Crippen molar-refractivity contribution < 1.29 is 13.9 Å². The highest BCUT2D eigenvalue weighted by atomic mass is 16.5. The van der Waals surface area contributed by atoms with Crippen LogP contribution >= 0.6 is 0 Å². The summed E-state index contributed by atoms with van der Waals surface area (Å²) in [7, 11) is 1.64. The molecule has 0 saturated heterocycles. The van der Waals surface area contributed by atoms with Crippen LogP contribution in [0.25, 0.3) is 0 Å². The summed E-state index contributed by atoms with van der Waals surface area (Å²) in [6.07, 6.45) is 1.49. The molecule has 0 saturated carbocycles. The van der Waals surface area contributed by atoms with E-state index in [1.807, 2.05) is 36.4 Å². The van der Waals surface area contributed by atoms with Crippen LogP contribution in [0.4, 0.5) is 0 Å². The minimum absolute atomic E-state index is 0.138. The van der Waals surface area contributed by atoms with E-state index < -0.39 is 0 Å². The third-order valence-electron chi connectivity index (χ3n) is 2.71. The maximum absolute atomic E-state index is 5.74. The number of methoxy groups -OCH3 is 1. The van der Waals surface area contributed by atoms with Crippen LogP contribution in [0.2, 0.25) is 0 Å². The lowest BCUT2D eigenvalue weighted by atomic mass is 10.1. The van der Waals surface area contributed by atoms with Gasteiger partial charge in [-0.15, -0.1) is 0 Å². The lowest BCUT2D eigenvalue weighted by Gasteiger charge is -2.16. The molecule has 1 aromatic carbocycles. The molecular weight excluding hydrogens is 230 g/mol. The molecule has 2 rings (SSSR count). The standard InChI is InChI=1S/C14H17NO3/c1-16-12-6-4-11(5-7-12)14(9-15)18-10-13-3-2-8-17-13/h2-8,14H,9-10,15H2,1H3. The summed E-state index contributed by atoms with van der Waals surface area (Å²) in [5.74, 6) is 1.61. The summed E-state index contributed by atoms with van der Waals surface area (Å²) in [6.45, 7) is 0.841. The highest BCUT2D eigenvalue weighted by Crippen LogP contribution is 2.21. The van der Waals surface area contributed by atoms with Crippen LogP contribution in [-0.2, 0) is 11.3 Å². The van der Waals surface area contributed by atoms with Crippen molar-refractivity contribution in [1.29, 1.82) is 0 Å². The van der Waals surface area contributed by atoms with Gasteiger partial charge < -0.3 is 19.6 Å². The molecule has 1 unspecified atom stereocenters. The van der Waals surface area contributed by atoms with E-state index in [9.17, 15) is 0 Å². The van der Waals surface area contributed by atoms with Gasteiger partial charge in [0.1, 0.15) is 18.1 Å². The Bertz CT molecular complexity index is 450. The maximum Gasteiger partial charge on any atom is 0.129 e. The SMILES string of the molecule is COc1ccc(C(CN)OCc2ccco2)cc1. The van der Waals surface area contributed by atoms with E-state index >= 15 is 0 Å². The Kier molecular flexibility index (Phi) is 4.39. The molecule has 0 aliphatic heterocycles. The summed E-state index contributed by atoms with van der Waals surface area (Å²) in [6, 6.07) is 11.4. The molecule has 2 aromatic rings. The number of ether oxygens (including phenoxy) is 2. The van der Waals surface area contributed by atoms with Gasteiger partial charge in [-0.3, -0.25) is 0 Å². The second-order valence-electron chi connectivity index (χ2n) is 3.89. The number of hydrogen-bond donors (Lipinski definition) is 1. The fraction of sp³-hybridized carbons (Fsp3) is 0.286. The molecule has 0 radical (unpaired) electrons. The minimum atomic E-state index is -0.138.